The lowest BCUT2D eigenvalue weighted by molar-refractivity contribution is 0.663. The highest BCUT2D eigenvalue weighted by molar-refractivity contribution is 5.75. The van der Waals surface area contributed by atoms with E-state index < -0.39 is 0 Å². The third-order valence-electron chi connectivity index (χ3n) is 2.70. The van der Waals surface area contributed by atoms with Gasteiger partial charge in [-0.05, 0) is 23.8 Å². The average Bonchev–Trinajstić information content (AvgIpc) is 2.96. The highest BCUT2D eigenvalue weighted by Crippen LogP contribution is 2.14. The van der Waals surface area contributed by atoms with E-state index >= 15 is 0 Å². The number of aromatic nitrogens is 4. The summed E-state index contributed by atoms with van der Waals surface area (Å²) in [5.74, 6) is 0.901. The van der Waals surface area contributed by atoms with Gasteiger partial charge in [0.2, 0.25) is 0 Å². The molecule has 0 saturated carbocycles. The fourth-order valence-corrected chi connectivity index (χ4v) is 1.86. The average molecular weight is 227 g/mol. The molecule has 5 heteroatoms. The summed E-state index contributed by atoms with van der Waals surface area (Å²) >= 11 is 0. The Balaban J connectivity index is 1.96. The van der Waals surface area contributed by atoms with Crippen molar-refractivity contribution in [2.75, 3.05) is 0 Å². The quantitative estimate of drug-likeness (QED) is 0.707. The van der Waals surface area contributed by atoms with Crippen LogP contribution in [0, 0.1) is 0 Å². The van der Waals surface area contributed by atoms with Crippen molar-refractivity contribution in [2.45, 2.75) is 13.1 Å². The fraction of sp³-hybridized carbons (Fsp3) is 0.167. The maximum absolute atomic E-state index is 5.61. The van der Waals surface area contributed by atoms with Crippen molar-refractivity contribution in [2.24, 2.45) is 5.73 Å². The number of benzene rings is 1. The first-order valence-corrected chi connectivity index (χ1v) is 5.50. The lowest BCUT2D eigenvalue weighted by Crippen LogP contribution is -2.01. The van der Waals surface area contributed by atoms with Crippen molar-refractivity contribution in [1.82, 2.24) is 19.7 Å². The predicted molar refractivity (Wildman–Crippen MR) is 65.3 cm³/mol. The zero-order chi connectivity index (χ0) is 11.7. The summed E-state index contributed by atoms with van der Waals surface area (Å²) in [6.07, 6.45) is 3.67. The summed E-state index contributed by atoms with van der Waals surface area (Å²) in [5.41, 5.74) is 8.70. The lowest BCUT2D eigenvalue weighted by Gasteiger charge is -1.95. The third kappa shape index (κ3) is 1.92. The molecule has 17 heavy (non-hydrogen) atoms. The van der Waals surface area contributed by atoms with E-state index in [1.54, 1.807) is 6.20 Å². The highest BCUT2D eigenvalue weighted by atomic mass is 15.3. The van der Waals surface area contributed by atoms with E-state index in [-0.39, 0.29) is 0 Å². The van der Waals surface area contributed by atoms with E-state index in [1.807, 2.05) is 35.1 Å². The highest BCUT2D eigenvalue weighted by Gasteiger charge is 2.04. The van der Waals surface area contributed by atoms with Crippen LogP contribution in [-0.2, 0) is 13.1 Å². The molecule has 86 valence electrons. The summed E-state index contributed by atoms with van der Waals surface area (Å²) in [6.45, 7) is 1.20. The van der Waals surface area contributed by atoms with Gasteiger partial charge in [0, 0.05) is 18.9 Å². The van der Waals surface area contributed by atoms with Crippen LogP contribution in [0.2, 0.25) is 0 Å². The summed E-state index contributed by atoms with van der Waals surface area (Å²) in [7, 11) is 0. The van der Waals surface area contributed by atoms with Crippen LogP contribution in [0.5, 0.6) is 0 Å². The fourth-order valence-electron chi connectivity index (χ4n) is 1.86. The molecule has 2 heterocycles. The Kier molecular flexibility index (Phi) is 2.38. The van der Waals surface area contributed by atoms with Crippen molar-refractivity contribution in [3.63, 3.8) is 0 Å². The normalized spacial score (nSPS) is 11.1. The zero-order valence-electron chi connectivity index (χ0n) is 9.30. The molecule has 0 unspecified atom stereocenters. The number of nitrogens with two attached hydrogens (primary N) is 1. The smallest absolute Gasteiger partial charge is 0.129 e. The molecule has 0 radical (unpaired) electrons. The molecule has 1 aromatic carbocycles. The Morgan fingerprint density at radius 3 is 3.06 bits per heavy atom. The number of hydrogen-bond donors (Lipinski definition) is 2. The van der Waals surface area contributed by atoms with Gasteiger partial charge in [-0.15, -0.1) is 0 Å². The molecule has 5 nitrogen and oxygen atoms in total. The van der Waals surface area contributed by atoms with Crippen LogP contribution < -0.4 is 5.73 Å². The first-order chi connectivity index (χ1) is 8.35. The second-order valence-corrected chi connectivity index (χ2v) is 3.94. The number of aromatic amines is 1. The van der Waals surface area contributed by atoms with Gasteiger partial charge in [0.05, 0.1) is 17.6 Å². The van der Waals surface area contributed by atoms with Crippen molar-refractivity contribution >= 4 is 11.0 Å². The molecule has 3 N–H and O–H groups in total. The standard InChI is InChI=1S/C12H13N5/c13-7-9-2-3-10-11(6-9)16-12(15-10)8-17-5-1-4-14-17/h1-6H,7-8,13H2,(H,15,16). The molecule has 2 aromatic heterocycles. The second kappa shape index (κ2) is 4.03. The Morgan fingerprint density at radius 1 is 1.35 bits per heavy atom. The van der Waals surface area contributed by atoms with E-state index in [2.05, 4.69) is 15.1 Å². The molecular weight excluding hydrogens is 214 g/mol. The molecule has 3 aromatic rings. The van der Waals surface area contributed by atoms with Crippen LogP contribution >= 0.6 is 0 Å². The van der Waals surface area contributed by atoms with E-state index in [0.717, 1.165) is 22.4 Å². The number of nitrogens with one attached hydrogen (secondary N) is 1. The molecule has 0 saturated heterocycles. The first-order valence-electron chi connectivity index (χ1n) is 5.50. The van der Waals surface area contributed by atoms with E-state index in [9.17, 15) is 0 Å². The maximum atomic E-state index is 5.61. The van der Waals surface area contributed by atoms with Crippen LogP contribution in [0.15, 0.2) is 36.7 Å². The van der Waals surface area contributed by atoms with Crippen LogP contribution in [0.25, 0.3) is 11.0 Å². The molecule has 0 fully saturated rings. The van der Waals surface area contributed by atoms with Crippen LogP contribution in [0.4, 0.5) is 0 Å². The Morgan fingerprint density at radius 2 is 2.29 bits per heavy atom. The van der Waals surface area contributed by atoms with Gasteiger partial charge in [-0.25, -0.2) is 4.98 Å². The molecular formula is C12H13N5. The number of H-pyrrole nitrogens is 1. The number of imidazole rings is 1. The number of hydrogen-bond acceptors (Lipinski definition) is 3. The van der Waals surface area contributed by atoms with Gasteiger partial charge in [-0.2, -0.15) is 5.10 Å². The summed E-state index contributed by atoms with van der Waals surface area (Å²) in [6, 6.07) is 7.92. The Hall–Kier alpha value is -2.14. The van der Waals surface area contributed by atoms with Gasteiger partial charge in [0.15, 0.2) is 0 Å². The topological polar surface area (TPSA) is 72.5 Å². The minimum atomic E-state index is 0.545. The Labute approximate surface area is 98.3 Å². The summed E-state index contributed by atoms with van der Waals surface area (Å²) in [4.78, 5) is 7.79. The molecule has 0 bridgehead atoms. The third-order valence-corrected chi connectivity index (χ3v) is 2.70. The number of rotatable bonds is 3. The predicted octanol–water partition coefficient (Wildman–Crippen LogP) is 1.27. The lowest BCUT2D eigenvalue weighted by atomic mass is 10.2. The van der Waals surface area contributed by atoms with Crippen molar-refractivity contribution in [3.05, 3.63) is 48.0 Å². The Bertz CT molecular complexity index is 623. The van der Waals surface area contributed by atoms with E-state index in [4.69, 9.17) is 5.73 Å². The minimum Gasteiger partial charge on any atom is -0.340 e. The van der Waals surface area contributed by atoms with Crippen LogP contribution in [0.1, 0.15) is 11.4 Å². The number of fused-ring (bicyclic) bond motifs is 1. The molecule has 3 rings (SSSR count). The minimum absolute atomic E-state index is 0.545. The van der Waals surface area contributed by atoms with Gasteiger partial charge < -0.3 is 10.7 Å². The maximum Gasteiger partial charge on any atom is 0.129 e. The number of nitrogens with zero attached hydrogens (tertiary/aromatic N) is 3. The van der Waals surface area contributed by atoms with Crippen molar-refractivity contribution in [3.8, 4) is 0 Å². The van der Waals surface area contributed by atoms with Gasteiger partial charge in [-0.1, -0.05) is 6.07 Å². The molecule has 0 aliphatic carbocycles. The largest absolute Gasteiger partial charge is 0.340 e. The van der Waals surface area contributed by atoms with Gasteiger partial charge in [-0.3, -0.25) is 4.68 Å². The van der Waals surface area contributed by atoms with Crippen molar-refractivity contribution < 1.29 is 0 Å². The van der Waals surface area contributed by atoms with Gasteiger partial charge >= 0.3 is 0 Å². The van der Waals surface area contributed by atoms with Crippen LogP contribution in [0.3, 0.4) is 0 Å². The second-order valence-electron chi connectivity index (χ2n) is 3.94. The SMILES string of the molecule is NCc1ccc2nc(Cn3cccn3)[nH]c2c1. The monoisotopic (exact) mass is 227 g/mol. The molecule has 0 spiro atoms. The van der Waals surface area contributed by atoms with Gasteiger partial charge in [0.25, 0.3) is 0 Å². The molecule has 0 aliphatic rings. The molecule has 0 amide bonds. The zero-order valence-corrected chi connectivity index (χ0v) is 9.30. The summed E-state index contributed by atoms with van der Waals surface area (Å²) in [5, 5.41) is 4.15. The van der Waals surface area contributed by atoms with Crippen LogP contribution in [-0.4, -0.2) is 19.7 Å². The molecule has 0 aliphatic heterocycles. The van der Waals surface area contributed by atoms with E-state index in [0.29, 0.717) is 13.1 Å². The first kappa shape index (κ1) is 10.0. The molecule has 0 atom stereocenters. The van der Waals surface area contributed by atoms with Gasteiger partial charge in [0.1, 0.15) is 5.82 Å². The van der Waals surface area contributed by atoms with E-state index in [1.165, 1.54) is 0 Å². The summed E-state index contributed by atoms with van der Waals surface area (Å²) < 4.78 is 1.83. The van der Waals surface area contributed by atoms with Crippen molar-refractivity contribution in [1.29, 1.82) is 0 Å².